The van der Waals surface area contributed by atoms with Crippen molar-refractivity contribution < 1.29 is 18.4 Å². The van der Waals surface area contributed by atoms with E-state index >= 15 is 0 Å². The maximum absolute atomic E-state index is 13.1. The van der Waals surface area contributed by atoms with Gasteiger partial charge in [-0.2, -0.15) is 0 Å². The average Bonchev–Trinajstić information content (AvgIpc) is 2.56. The summed E-state index contributed by atoms with van der Waals surface area (Å²) in [5.74, 6) is 0. The van der Waals surface area contributed by atoms with Gasteiger partial charge in [-0.05, 0) is 44.2 Å². The Bertz CT molecular complexity index is 854. The molecule has 0 bridgehead atoms. The summed E-state index contributed by atoms with van der Waals surface area (Å²) in [6.45, 7) is 3.79. The van der Waals surface area contributed by atoms with Gasteiger partial charge in [0.1, 0.15) is 10.3 Å². The Morgan fingerprint density at radius 1 is 1.11 bits per heavy atom. The fraction of sp³-hybridized carbons (Fsp3) is 0.250. The van der Waals surface area contributed by atoms with Gasteiger partial charge >= 0.3 is 13.6 Å². The van der Waals surface area contributed by atoms with E-state index in [9.17, 15) is 9.36 Å². The summed E-state index contributed by atoms with van der Waals surface area (Å²) in [5, 5.41) is 5.74. The predicted octanol–water partition coefficient (Wildman–Crippen LogP) is 5.69. The Kier molecular flexibility index (Phi) is 8.09. The van der Waals surface area contributed by atoms with E-state index in [2.05, 4.69) is 31.5 Å². The summed E-state index contributed by atoms with van der Waals surface area (Å²) in [5.41, 5.74) is 0.640. The number of amides is 2. The molecular weight excluding hydrogens is 480 g/mol. The number of hydrogen-bond acceptors (Lipinski definition) is 5. The van der Waals surface area contributed by atoms with Crippen LogP contribution in [0.15, 0.2) is 34.8 Å². The second-order valence-corrected chi connectivity index (χ2v) is 8.76. The zero-order valence-corrected chi connectivity index (χ0v) is 18.5. The van der Waals surface area contributed by atoms with Gasteiger partial charge in [0.25, 0.3) is 0 Å². The highest BCUT2D eigenvalue weighted by molar-refractivity contribution is 9.10. The molecule has 2 rings (SSSR count). The molecule has 2 amide bonds. The Labute approximate surface area is 175 Å². The molecule has 1 aromatic carbocycles. The van der Waals surface area contributed by atoms with Crippen LogP contribution in [0, 0.1) is 0 Å². The Morgan fingerprint density at radius 2 is 1.70 bits per heavy atom. The van der Waals surface area contributed by atoms with Gasteiger partial charge in [-0.15, -0.1) is 0 Å². The number of carbonyl (C=O) groups is 1. The third-order valence-electron chi connectivity index (χ3n) is 3.12. The van der Waals surface area contributed by atoms with Crippen LogP contribution in [-0.2, 0) is 13.6 Å². The first-order valence-corrected chi connectivity index (χ1v) is 11.0. The largest absolute Gasteiger partial charge is 0.363 e. The summed E-state index contributed by atoms with van der Waals surface area (Å²) >= 11 is 15.0. The smallest absolute Gasteiger partial charge is 0.307 e. The molecule has 11 heteroatoms. The lowest BCUT2D eigenvalue weighted by Gasteiger charge is -2.20. The van der Waals surface area contributed by atoms with Gasteiger partial charge in [0.2, 0.25) is 0 Å². The highest BCUT2D eigenvalue weighted by atomic mass is 79.9. The molecule has 0 aliphatic heterocycles. The van der Waals surface area contributed by atoms with Crippen molar-refractivity contribution in [3.8, 4) is 0 Å². The predicted molar refractivity (Wildman–Crippen MR) is 112 cm³/mol. The van der Waals surface area contributed by atoms with Gasteiger partial charge in [-0.3, -0.25) is 4.57 Å². The Morgan fingerprint density at radius 3 is 2.26 bits per heavy atom. The molecule has 0 saturated carbocycles. The van der Waals surface area contributed by atoms with Crippen LogP contribution in [0.5, 0.6) is 0 Å². The molecule has 0 saturated heterocycles. The monoisotopic (exact) mass is 495 g/mol. The average molecular weight is 497 g/mol. The van der Waals surface area contributed by atoms with Crippen molar-refractivity contribution in [2.75, 3.05) is 23.8 Å². The topological polar surface area (TPSA) is 89.5 Å². The number of pyridine rings is 1. The number of nitrogens with one attached hydrogen (secondary N) is 2. The van der Waals surface area contributed by atoms with Gasteiger partial charge in [-0.25, -0.2) is 9.78 Å². The minimum Gasteiger partial charge on any atom is -0.307 e. The standard InChI is InChI=1S/C16H17BrCl2N3O4P/c1-3-25-27(24,26-4-2)13-7-10(17)5-6-12(13)21-16(23)20-11-8-14(18)22-15(19)9-11/h5-9H,3-4H2,1-2H3,(H2,20,21,22,23). The normalized spacial score (nSPS) is 11.3. The molecule has 2 aromatic rings. The number of hydrogen-bond donors (Lipinski definition) is 2. The van der Waals surface area contributed by atoms with Gasteiger partial charge in [0.15, 0.2) is 0 Å². The van der Waals surface area contributed by atoms with Crippen molar-refractivity contribution in [1.29, 1.82) is 0 Å². The first kappa shape index (κ1) is 22.1. The van der Waals surface area contributed by atoms with E-state index in [1.165, 1.54) is 12.1 Å². The molecule has 2 N–H and O–H groups in total. The third-order valence-corrected chi connectivity index (χ3v) is 6.16. The fourth-order valence-electron chi connectivity index (χ4n) is 2.18. The minimum absolute atomic E-state index is 0.138. The molecule has 0 aliphatic carbocycles. The minimum atomic E-state index is -3.62. The highest BCUT2D eigenvalue weighted by Gasteiger charge is 2.30. The van der Waals surface area contributed by atoms with E-state index in [0.29, 0.717) is 10.2 Å². The summed E-state index contributed by atoms with van der Waals surface area (Å²) in [7, 11) is -3.62. The van der Waals surface area contributed by atoms with Crippen molar-refractivity contribution in [2.24, 2.45) is 0 Å². The first-order valence-electron chi connectivity index (χ1n) is 7.87. The SMILES string of the molecule is CCOP(=O)(OCC)c1cc(Br)ccc1NC(=O)Nc1cc(Cl)nc(Cl)c1. The van der Waals surface area contributed by atoms with Crippen LogP contribution in [0.4, 0.5) is 16.2 Å². The van der Waals surface area contributed by atoms with Crippen LogP contribution >= 0.6 is 46.7 Å². The lowest BCUT2D eigenvalue weighted by Crippen LogP contribution is -2.24. The number of aromatic nitrogens is 1. The summed E-state index contributed by atoms with van der Waals surface area (Å²) < 4.78 is 24.6. The van der Waals surface area contributed by atoms with Crippen LogP contribution in [0.25, 0.3) is 0 Å². The maximum Gasteiger partial charge on any atom is 0.363 e. The van der Waals surface area contributed by atoms with Crippen LogP contribution in [0.3, 0.4) is 0 Å². The number of anilines is 2. The van der Waals surface area contributed by atoms with Crippen LogP contribution in [0.2, 0.25) is 10.3 Å². The molecule has 27 heavy (non-hydrogen) atoms. The lowest BCUT2D eigenvalue weighted by atomic mass is 10.3. The molecule has 0 spiro atoms. The lowest BCUT2D eigenvalue weighted by molar-refractivity contribution is 0.230. The van der Waals surface area contributed by atoms with E-state index in [1.807, 2.05) is 0 Å². The zero-order valence-electron chi connectivity index (χ0n) is 14.5. The molecule has 146 valence electrons. The van der Waals surface area contributed by atoms with E-state index < -0.39 is 13.6 Å². The molecule has 1 aromatic heterocycles. The quantitative estimate of drug-likeness (QED) is 0.380. The molecule has 1 heterocycles. The number of nitrogens with zero attached hydrogens (tertiary/aromatic N) is 1. The number of carbonyl (C=O) groups excluding carboxylic acids is 1. The van der Waals surface area contributed by atoms with Gasteiger partial charge in [-0.1, -0.05) is 39.1 Å². The van der Waals surface area contributed by atoms with Crippen LogP contribution in [-0.4, -0.2) is 24.2 Å². The van der Waals surface area contributed by atoms with Crippen molar-refractivity contribution in [1.82, 2.24) is 4.98 Å². The number of rotatable bonds is 7. The second-order valence-electron chi connectivity index (χ2n) is 5.07. The molecule has 0 unspecified atom stereocenters. The molecular formula is C16H17BrCl2N3O4P. The zero-order chi connectivity index (χ0) is 20.0. The summed E-state index contributed by atoms with van der Waals surface area (Å²) in [6.07, 6.45) is 0. The number of benzene rings is 1. The fourth-order valence-corrected chi connectivity index (χ4v) is 4.93. The summed E-state index contributed by atoms with van der Waals surface area (Å²) in [4.78, 5) is 16.2. The van der Waals surface area contributed by atoms with Crippen molar-refractivity contribution in [3.63, 3.8) is 0 Å². The van der Waals surface area contributed by atoms with E-state index in [-0.39, 0.29) is 34.5 Å². The van der Waals surface area contributed by atoms with Crippen LogP contribution in [0.1, 0.15) is 13.8 Å². The molecule has 7 nitrogen and oxygen atoms in total. The summed E-state index contributed by atoms with van der Waals surface area (Å²) in [6, 6.07) is 7.18. The maximum atomic E-state index is 13.1. The third kappa shape index (κ3) is 6.17. The Hall–Kier alpha value is -1.15. The highest BCUT2D eigenvalue weighted by Crippen LogP contribution is 2.49. The van der Waals surface area contributed by atoms with E-state index in [1.54, 1.807) is 32.0 Å². The van der Waals surface area contributed by atoms with Crippen molar-refractivity contribution >= 4 is 69.4 Å². The molecule has 0 atom stereocenters. The molecule has 0 fully saturated rings. The van der Waals surface area contributed by atoms with Gasteiger partial charge < -0.3 is 19.7 Å². The van der Waals surface area contributed by atoms with E-state index in [0.717, 1.165) is 0 Å². The van der Waals surface area contributed by atoms with Gasteiger partial charge in [0, 0.05) is 10.2 Å². The second kappa shape index (κ2) is 9.87. The number of halogens is 3. The molecule has 0 radical (unpaired) electrons. The van der Waals surface area contributed by atoms with Crippen LogP contribution < -0.4 is 15.9 Å². The molecule has 0 aliphatic rings. The van der Waals surface area contributed by atoms with Gasteiger partial charge in [0.05, 0.1) is 24.2 Å². The van der Waals surface area contributed by atoms with Crippen molar-refractivity contribution in [3.05, 3.63) is 45.1 Å². The van der Waals surface area contributed by atoms with Crippen molar-refractivity contribution in [2.45, 2.75) is 13.8 Å². The van der Waals surface area contributed by atoms with E-state index in [4.69, 9.17) is 32.2 Å². The number of urea groups is 1. The Balaban J connectivity index is 2.30. The first-order chi connectivity index (χ1) is 12.8.